The summed E-state index contributed by atoms with van der Waals surface area (Å²) in [4.78, 5) is 16.4. The summed E-state index contributed by atoms with van der Waals surface area (Å²) in [6.07, 6.45) is 0. The van der Waals surface area contributed by atoms with Crippen LogP contribution in [0.2, 0.25) is 0 Å². The summed E-state index contributed by atoms with van der Waals surface area (Å²) in [6.45, 7) is 10.9. The van der Waals surface area contributed by atoms with Crippen LogP contribution in [-0.2, 0) is 4.79 Å². The molecule has 0 saturated carbocycles. The number of anilines is 1. The molecule has 4 heteroatoms. The van der Waals surface area contributed by atoms with Crippen LogP contribution in [0.1, 0.15) is 39.3 Å². The third-order valence-corrected chi connectivity index (χ3v) is 4.42. The normalized spacial score (nSPS) is 19.8. The van der Waals surface area contributed by atoms with Crippen molar-refractivity contribution < 1.29 is 4.79 Å². The van der Waals surface area contributed by atoms with Gasteiger partial charge in [0.15, 0.2) is 0 Å². The largest absolute Gasteiger partial charge is 0.356 e. The van der Waals surface area contributed by atoms with E-state index in [1.165, 1.54) is 5.56 Å². The molecule has 1 unspecified atom stereocenters. The summed E-state index contributed by atoms with van der Waals surface area (Å²) in [6, 6.07) is 8.92. The van der Waals surface area contributed by atoms with Crippen LogP contribution >= 0.6 is 0 Å². The molecule has 1 saturated heterocycles. The fraction of sp³-hybridized carbons (Fsp3) is 0.588. The van der Waals surface area contributed by atoms with Crippen LogP contribution < -0.4 is 10.2 Å². The SMILES string of the molecule is CCNC(C)c1ccc(N2CCN(C)C(=O)C2(C)C)cc1. The van der Waals surface area contributed by atoms with Crippen LogP contribution in [0.15, 0.2) is 24.3 Å². The van der Waals surface area contributed by atoms with Crippen LogP contribution in [0.3, 0.4) is 0 Å². The highest BCUT2D eigenvalue weighted by Crippen LogP contribution is 2.29. The summed E-state index contributed by atoms with van der Waals surface area (Å²) < 4.78 is 0. The summed E-state index contributed by atoms with van der Waals surface area (Å²) in [5.41, 5.74) is 1.91. The van der Waals surface area contributed by atoms with Gasteiger partial charge in [-0.2, -0.15) is 0 Å². The van der Waals surface area contributed by atoms with Crippen molar-refractivity contribution in [2.45, 2.75) is 39.3 Å². The highest BCUT2D eigenvalue weighted by Gasteiger charge is 2.40. The Hall–Kier alpha value is -1.55. The molecule has 1 heterocycles. The number of nitrogens with one attached hydrogen (secondary N) is 1. The molecule has 1 N–H and O–H groups in total. The number of carbonyl (C=O) groups is 1. The maximum Gasteiger partial charge on any atom is 0.247 e. The van der Waals surface area contributed by atoms with Crippen LogP contribution in [-0.4, -0.2) is 43.0 Å². The van der Waals surface area contributed by atoms with E-state index in [4.69, 9.17) is 0 Å². The van der Waals surface area contributed by atoms with Crippen molar-refractivity contribution in [3.8, 4) is 0 Å². The maximum absolute atomic E-state index is 12.4. The highest BCUT2D eigenvalue weighted by molar-refractivity contribution is 5.90. The molecule has 0 spiro atoms. The lowest BCUT2D eigenvalue weighted by Gasteiger charge is -2.46. The molecular weight excluding hydrogens is 262 g/mol. The molecule has 1 atom stereocenters. The summed E-state index contributed by atoms with van der Waals surface area (Å²) in [7, 11) is 1.88. The van der Waals surface area contributed by atoms with Crippen molar-refractivity contribution in [3.05, 3.63) is 29.8 Å². The molecule has 0 aromatic heterocycles. The molecule has 2 rings (SSSR count). The lowest BCUT2D eigenvalue weighted by Crippen LogP contribution is -2.62. The molecule has 0 bridgehead atoms. The number of hydrogen-bond acceptors (Lipinski definition) is 3. The van der Waals surface area contributed by atoms with Gasteiger partial charge in [-0.05, 0) is 45.0 Å². The predicted octanol–water partition coefficient (Wildman–Crippen LogP) is 2.41. The Labute approximate surface area is 128 Å². The fourth-order valence-electron chi connectivity index (χ4n) is 3.03. The molecule has 4 nitrogen and oxygen atoms in total. The first-order chi connectivity index (χ1) is 9.87. The van der Waals surface area contributed by atoms with Crippen LogP contribution in [0.25, 0.3) is 0 Å². The van der Waals surface area contributed by atoms with Gasteiger partial charge in [-0.15, -0.1) is 0 Å². The average molecular weight is 289 g/mol. The van der Waals surface area contributed by atoms with Gasteiger partial charge in [0.1, 0.15) is 5.54 Å². The minimum absolute atomic E-state index is 0.179. The van der Waals surface area contributed by atoms with Gasteiger partial charge >= 0.3 is 0 Å². The second-order valence-electron chi connectivity index (χ2n) is 6.31. The van der Waals surface area contributed by atoms with Crippen molar-refractivity contribution in [1.82, 2.24) is 10.2 Å². The van der Waals surface area contributed by atoms with E-state index >= 15 is 0 Å². The van der Waals surface area contributed by atoms with Gasteiger partial charge in [0, 0.05) is 31.9 Å². The zero-order valence-electron chi connectivity index (χ0n) is 13.8. The topological polar surface area (TPSA) is 35.6 Å². The number of nitrogens with zero attached hydrogens (tertiary/aromatic N) is 2. The first kappa shape index (κ1) is 15.8. The highest BCUT2D eigenvalue weighted by atomic mass is 16.2. The first-order valence-corrected chi connectivity index (χ1v) is 7.74. The molecule has 116 valence electrons. The number of rotatable bonds is 4. The molecule has 21 heavy (non-hydrogen) atoms. The smallest absolute Gasteiger partial charge is 0.247 e. The zero-order chi connectivity index (χ0) is 15.6. The number of piperazine rings is 1. The summed E-state index contributed by atoms with van der Waals surface area (Å²) in [5.74, 6) is 0.179. The van der Waals surface area contributed by atoms with E-state index in [1.807, 2.05) is 25.8 Å². The third kappa shape index (κ3) is 3.05. The monoisotopic (exact) mass is 289 g/mol. The van der Waals surface area contributed by atoms with E-state index in [2.05, 4.69) is 48.3 Å². The lowest BCUT2D eigenvalue weighted by molar-refractivity contribution is -0.136. The Morgan fingerprint density at radius 1 is 1.24 bits per heavy atom. The molecule has 1 aromatic carbocycles. The lowest BCUT2D eigenvalue weighted by atomic mass is 9.96. The summed E-state index contributed by atoms with van der Waals surface area (Å²) in [5, 5.41) is 3.42. The van der Waals surface area contributed by atoms with Crippen molar-refractivity contribution in [2.75, 3.05) is 31.6 Å². The van der Waals surface area contributed by atoms with Crippen molar-refractivity contribution >= 4 is 11.6 Å². The van der Waals surface area contributed by atoms with E-state index in [0.717, 1.165) is 25.3 Å². The van der Waals surface area contributed by atoms with Gasteiger partial charge in [0.25, 0.3) is 0 Å². The van der Waals surface area contributed by atoms with E-state index in [1.54, 1.807) is 0 Å². The Morgan fingerprint density at radius 2 is 1.86 bits per heavy atom. The minimum Gasteiger partial charge on any atom is -0.356 e. The van der Waals surface area contributed by atoms with Crippen LogP contribution in [0.4, 0.5) is 5.69 Å². The van der Waals surface area contributed by atoms with Gasteiger partial charge in [0.05, 0.1) is 0 Å². The minimum atomic E-state index is -0.484. The molecule has 1 amide bonds. The second-order valence-corrected chi connectivity index (χ2v) is 6.31. The molecule has 1 aliphatic heterocycles. The molecule has 1 aliphatic rings. The number of benzene rings is 1. The third-order valence-electron chi connectivity index (χ3n) is 4.42. The Morgan fingerprint density at radius 3 is 2.43 bits per heavy atom. The van der Waals surface area contributed by atoms with E-state index in [0.29, 0.717) is 6.04 Å². The Balaban J connectivity index is 2.20. The standard InChI is InChI=1S/C17H27N3O/c1-6-18-13(2)14-7-9-15(10-8-14)20-12-11-19(5)16(21)17(20,3)4/h7-10,13,18H,6,11-12H2,1-5H3. The number of amides is 1. The molecule has 1 aromatic rings. The van der Waals surface area contributed by atoms with Crippen molar-refractivity contribution in [2.24, 2.45) is 0 Å². The molecule has 0 aliphatic carbocycles. The number of carbonyl (C=O) groups excluding carboxylic acids is 1. The van der Waals surface area contributed by atoms with Gasteiger partial charge in [-0.1, -0.05) is 19.1 Å². The zero-order valence-corrected chi connectivity index (χ0v) is 13.8. The molecular formula is C17H27N3O. The first-order valence-electron chi connectivity index (χ1n) is 7.74. The van der Waals surface area contributed by atoms with Crippen LogP contribution in [0, 0.1) is 0 Å². The average Bonchev–Trinajstić information content (AvgIpc) is 2.45. The van der Waals surface area contributed by atoms with Crippen LogP contribution in [0.5, 0.6) is 0 Å². The summed E-state index contributed by atoms with van der Waals surface area (Å²) >= 11 is 0. The predicted molar refractivity (Wildman–Crippen MR) is 87.6 cm³/mol. The van der Waals surface area contributed by atoms with E-state index < -0.39 is 5.54 Å². The van der Waals surface area contributed by atoms with E-state index in [9.17, 15) is 4.79 Å². The van der Waals surface area contributed by atoms with Gasteiger partial charge < -0.3 is 15.1 Å². The number of hydrogen-bond donors (Lipinski definition) is 1. The van der Waals surface area contributed by atoms with E-state index in [-0.39, 0.29) is 5.91 Å². The Bertz CT molecular complexity index is 495. The van der Waals surface area contributed by atoms with Crippen molar-refractivity contribution in [3.63, 3.8) is 0 Å². The Kier molecular flexibility index (Phi) is 4.57. The second kappa shape index (κ2) is 6.06. The van der Waals surface area contributed by atoms with Gasteiger partial charge in [-0.25, -0.2) is 0 Å². The fourth-order valence-corrected chi connectivity index (χ4v) is 3.03. The maximum atomic E-state index is 12.4. The van der Waals surface area contributed by atoms with Gasteiger partial charge in [-0.3, -0.25) is 4.79 Å². The quantitative estimate of drug-likeness (QED) is 0.924. The molecule has 1 fully saturated rings. The van der Waals surface area contributed by atoms with Crippen molar-refractivity contribution in [1.29, 1.82) is 0 Å². The molecule has 0 radical (unpaired) electrons. The van der Waals surface area contributed by atoms with Gasteiger partial charge in [0.2, 0.25) is 5.91 Å². The number of likely N-dealkylation sites (N-methyl/N-ethyl adjacent to an activating group) is 1.